The van der Waals surface area contributed by atoms with Crippen LogP contribution in [0, 0.1) is 0 Å². The molecule has 0 atom stereocenters. The molecule has 0 fully saturated rings. The molecule has 8 nitrogen and oxygen atoms in total. The molecule has 1 aromatic carbocycles. The van der Waals surface area contributed by atoms with Gasteiger partial charge in [-0.25, -0.2) is 15.0 Å². The quantitative estimate of drug-likeness (QED) is 0.145. The van der Waals surface area contributed by atoms with Crippen LogP contribution in [0.1, 0.15) is 82.6 Å². The molecule has 1 N–H and O–H groups in total. The van der Waals surface area contributed by atoms with Gasteiger partial charge in [0.25, 0.3) is 5.91 Å². The van der Waals surface area contributed by atoms with Gasteiger partial charge in [-0.1, -0.05) is 58.8 Å². The largest absolute Gasteiger partial charge is 0.444 e. The molecule has 38 heavy (non-hydrogen) atoms. The molecule has 3 aromatic heterocycles. The fourth-order valence-electron chi connectivity index (χ4n) is 4.17. The fraction of sp³-hybridized carbons (Fsp3) is 0.500. The van der Waals surface area contributed by atoms with Crippen molar-refractivity contribution in [3.05, 3.63) is 48.1 Å². The molecule has 0 unspecified atom stereocenters. The van der Waals surface area contributed by atoms with Gasteiger partial charge in [-0.2, -0.15) is 0 Å². The van der Waals surface area contributed by atoms with Crippen LogP contribution in [0.4, 0.5) is 10.8 Å². The summed E-state index contributed by atoms with van der Waals surface area (Å²) < 4.78 is 8.69. The SMILES string of the molecule is CCCCCN(CCC)c1ccc2c(c1)nc(C(=O)Nc1ncc(SCc3ncc(C(C)(C)C)o3)s1)n2C. The van der Waals surface area contributed by atoms with Crippen LogP contribution < -0.4 is 10.2 Å². The van der Waals surface area contributed by atoms with E-state index in [1.165, 1.54) is 30.6 Å². The van der Waals surface area contributed by atoms with E-state index in [1.807, 2.05) is 11.6 Å². The summed E-state index contributed by atoms with van der Waals surface area (Å²) in [4.78, 5) is 29.0. The van der Waals surface area contributed by atoms with Crippen LogP contribution in [0.5, 0.6) is 0 Å². The van der Waals surface area contributed by atoms with Crippen molar-refractivity contribution >= 4 is 50.9 Å². The number of anilines is 2. The average Bonchev–Trinajstić information content (AvgIpc) is 3.61. The van der Waals surface area contributed by atoms with E-state index in [0.717, 1.165) is 46.2 Å². The van der Waals surface area contributed by atoms with Crippen molar-refractivity contribution in [1.82, 2.24) is 19.5 Å². The molecule has 0 aliphatic carbocycles. The average molecular weight is 555 g/mol. The van der Waals surface area contributed by atoms with Crippen molar-refractivity contribution < 1.29 is 9.21 Å². The molecule has 10 heteroatoms. The van der Waals surface area contributed by atoms with Gasteiger partial charge in [0.05, 0.1) is 33.4 Å². The zero-order valence-corrected chi connectivity index (χ0v) is 24.8. The van der Waals surface area contributed by atoms with Crippen LogP contribution in [0.25, 0.3) is 11.0 Å². The third-order valence-corrected chi connectivity index (χ3v) is 8.39. The molecular weight excluding hydrogens is 516 g/mol. The summed E-state index contributed by atoms with van der Waals surface area (Å²) in [5.41, 5.74) is 2.84. The number of hydrogen-bond donors (Lipinski definition) is 1. The molecule has 0 spiro atoms. The molecule has 0 saturated carbocycles. The van der Waals surface area contributed by atoms with Crippen LogP contribution >= 0.6 is 23.1 Å². The number of hydrogen-bond acceptors (Lipinski definition) is 8. The smallest absolute Gasteiger partial charge is 0.293 e. The summed E-state index contributed by atoms with van der Waals surface area (Å²) in [6, 6.07) is 6.29. The van der Waals surface area contributed by atoms with Crippen LogP contribution in [0.2, 0.25) is 0 Å². The first-order valence-corrected chi connectivity index (χ1v) is 15.1. The van der Waals surface area contributed by atoms with Gasteiger partial charge >= 0.3 is 0 Å². The topological polar surface area (TPSA) is 89.1 Å². The Labute approximate surface area is 233 Å². The number of carbonyl (C=O) groups excluding carboxylic acids is 1. The van der Waals surface area contributed by atoms with Crippen molar-refractivity contribution in [2.75, 3.05) is 23.3 Å². The Balaban J connectivity index is 1.42. The van der Waals surface area contributed by atoms with E-state index in [-0.39, 0.29) is 11.3 Å². The second-order valence-electron chi connectivity index (χ2n) is 10.5. The van der Waals surface area contributed by atoms with E-state index in [1.54, 1.807) is 24.2 Å². The first kappa shape index (κ1) is 28.2. The molecule has 0 aliphatic rings. The number of nitrogens with zero attached hydrogens (tertiary/aromatic N) is 5. The van der Waals surface area contributed by atoms with E-state index in [9.17, 15) is 4.79 Å². The maximum absolute atomic E-state index is 13.1. The van der Waals surface area contributed by atoms with E-state index in [4.69, 9.17) is 4.42 Å². The molecule has 0 saturated heterocycles. The second kappa shape index (κ2) is 12.3. The maximum Gasteiger partial charge on any atom is 0.293 e. The lowest BCUT2D eigenvalue weighted by Gasteiger charge is -2.24. The Morgan fingerprint density at radius 3 is 2.66 bits per heavy atom. The minimum absolute atomic E-state index is 0.0707. The number of aryl methyl sites for hydroxylation is 1. The lowest BCUT2D eigenvalue weighted by molar-refractivity contribution is 0.101. The van der Waals surface area contributed by atoms with E-state index < -0.39 is 0 Å². The molecule has 0 bridgehead atoms. The lowest BCUT2D eigenvalue weighted by Crippen LogP contribution is -2.25. The highest BCUT2D eigenvalue weighted by molar-refractivity contribution is 8.00. The number of thioether (sulfide) groups is 1. The number of unbranched alkanes of at least 4 members (excludes halogenated alkanes) is 2. The Hall–Kier alpha value is -2.85. The molecular formula is C28H38N6O2S2. The fourth-order valence-corrected chi connectivity index (χ4v) is 5.89. The van der Waals surface area contributed by atoms with Crippen molar-refractivity contribution in [2.45, 2.75) is 75.7 Å². The maximum atomic E-state index is 13.1. The van der Waals surface area contributed by atoms with Crippen LogP contribution in [-0.4, -0.2) is 38.5 Å². The summed E-state index contributed by atoms with van der Waals surface area (Å²) in [5, 5.41) is 3.46. The van der Waals surface area contributed by atoms with Crippen molar-refractivity contribution in [3.63, 3.8) is 0 Å². The molecule has 4 rings (SSSR count). The molecule has 1 amide bonds. The first-order chi connectivity index (χ1) is 18.2. The summed E-state index contributed by atoms with van der Waals surface area (Å²) in [6.45, 7) is 12.8. The van der Waals surface area contributed by atoms with Gasteiger partial charge in [-0.05, 0) is 31.0 Å². The lowest BCUT2D eigenvalue weighted by atomic mass is 9.94. The number of thiazole rings is 1. The van der Waals surface area contributed by atoms with Gasteiger partial charge in [0, 0.05) is 31.2 Å². The summed E-state index contributed by atoms with van der Waals surface area (Å²) in [5.74, 6) is 2.25. The van der Waals surface area contributed by atoms with Crippen LogP contribution in [0.15, 0.2) is 39.2 Å². The number of amides is 1. The highest BCUT2D eigenvalue weighted by atomic mass is 32.2. The normalized spacial score (nSPS) is 11.8. The third-order valence-electron chi connectivity index (χ3n) is 6.29. The number of carbonyl (C=O) groups is 1. The van der Waals surface area contributed by atoms with Gasteiger partial charge in [0.2, 0.25) is 5.89 Å². The van der Waals surface area contributed by atoms with Gasteiger partial charge in [-0.15, -0.1) is 11.8 Å². The van der Waals surface area contributed by atoms with Crippen molar-refractivity contribution in [2.24, 2.45) is 7.05 Å². The Bertz CT molecular complexity index is 1370. The number of nitrogens with one attached hydrogen (secondary N) is 1. The van der Waals surface area contributed by atoms with Crippen LogP contribution in [-0.2, 0) is 18.2 Å². The number of imidazole rings is 1. The summed E-state index contributed by atoms with van der Waals surface area (Å²) in [6.07, 6.45) is 8.25. The predicted octanol–water partition coefficient (Wildman–Crippen LogP) is 7.27. The van der Waals surface area contributed by atoms with E-state index >= 15 is 0 Å². The summed E-state index contributed by atoms with van der Waals surface area (Å²) in [7, 11) is 1.88. The minimum atomic E-state index is -0.271. The third kappa shape index (κ3) is 6.77. The van der Waals surface area contributed by atoms with Gasteiger partial charge in [0.1, 0.15) is 5.76 Å². The van der Waals surface area contributed by atoms with E-state index in [2.05, 4.69) is 78.0 Å². The second-order valence-corrected chi connectivity index (χ2v) is 12.8. The highest BCUT2D eigenvalue weighted by Crippen LogP contribution is 2.32. The first-order valence-electron chi connectivity index (χ1n) is 13.3. The molecule has 0 radical (unpaired) electrons. The predicted molar refractivity (Wildman–Crippen MR) is 158 cm³/mol. The molecule has 3 heterocycles. The monoisotopic (exact) mass is 554 g/mol. The van der Waals surface area contributed by atoms with Gasteiger partial charge in [0.15, 0.2) is 11.0 Å². The number of oxazole rings is 1. The van der Waals surface area contributed by atoms with E-state index in [0.29, 0.717) is 22.6 Å². The number of rotatable bonds is 12. The molecule has 4 aromatic rings. The number of fused-ring (bicyclic) bond motifs is 1. The van der Waals surface area contributed by atoms with Crippen molar-refractivity contribution in [1.29, 1.82) is 0 Å². The van der Waals surface area contributed by atoms with Crippen molar-refractivity contribution in [3.8, 4) is 0 Å². The molecule has 204 valence electrons. The van der Waals surface area contributed by atoms with Gasteiger partial charge in [-0.3, -0.25) is 10.1 Å². The Kier molecular flexibility index (Phi) is 9.15. The van der Waals surface area contributed by atoms with Crippen LogP contribution in [0.3, 0.4) is 0 Å². The molecule has 0 aliphatic heterocycles. The minimum Gasteiger partial charge on any atom is -0.444 e. The standard InChI is InChI=1S/C28H38N6O2S2/c1-7-9-10-14-34(13-8-2)19-11-12-21-20(15-19)31-25(33(21)6)26(35)32-27-30-17-24(38-27)37-18-23-29-16-22(36-23)28(3,4)5/h11-12,15-17H,7-10,13-14,18H2,1-6H3,(H,30,32,35). The number of benzene rings is 1. The zero-order chi connectivity index (χ0) is 27.3. The Morgan fingerprint density at radius 2 is 1.95 bits per heavy atom. The van der Waals surface area contributed by atoms with Gasteiger partial charge < -0.3 is 13.9 Å². The zero-order valence-electron chi connectivity index (χ0n) is 23.2. The Morgan fingerprint density at radius 1 is 1.13 bits per heavy atom. The highest BCUT2D eigenvalue weighted by Gasteiger charge is 2.20. The number of aromatic nitrogens is 4. The summed E-state index contributed by atoms with van der Waals surface area (Å²) >= 11 is 3.01.